The maximum absolute atomic E-state index is 14.3. The Hall–Kier alpha value is -3.06. The van der Waals surface area contributed by atoms with Crippen molar-refractivity contribution in [3.8, 4) is 0 Å². The molecule has 0 bridgehead atoms. The Labute approximate surface area is 319 Å². The molecule has 0 aliphatic carbocycles. The highest BCUT2D eigenvalue weighted by Gasteiger charge is 2.43. The molecule has 1 aliphatic heterocycles. The predicted molar refractivity (Wildman–Crippen MR) is 209 cm³/mol. The number of nitrogens with one attached hydrogen (secondary N) is 2. The Bertz CT molecular complexity index is 1300. The van der Waals surface area contributed by atoms with Gasteiger partial charge in [0.2, 0.25) is 23.6 Å². The summed E-state index contributed by atoms with van der Waals surface area (Å²) in [5.41, 5.74) is 0.712. The molecule has 1 saturated heterocycles. The van der Waals surface area contributed by atoms with E-state index in [1.807, 2.05) is 83.8 Å². The quantitative estimate of drug-likeness (QED) is 0.170. The van der Waals surface area contributed by atoms with Gasteiger partial charge in [-0.15, -0.1) is 0 Å². The summed E-state index contributed by atoms with van der Waals surface area (Å²) in [7, 11) is 6.78. The topological polar surface area (TPSA) is 141 Å². The summed E-state index contributed by atoms with van der Waals surface area (Å²) in [6, 6.07) is 6.74. The molecule has 1 aromatic rings. The van der Waals surface area contributed by atoms with Crippen LogP contribution in [0.1, 0.15) is 99.7 Å². The van der Waals surface area contributed by atoms with Crippen LogP contribution in [0, 0.1) is 23.7 Å². The molecule has 1 aromatic carbocycles. The summed E-state index contributed by atoms with van der Waals surface area (Å²) in [4.78, 5) is 61.0. The van der Waals surface area contributed by atoms with Gasteiger partial charge >= 0.3 is 0 Å². The molecule has 12 nitrogen and oxygen atoms in total. The molecule has 12 heteroatoms. The number of methoxy groups -OCH3 is 2. The molecule has 0 saturated carbocycles. The van der Waals surface area contributed by atoms with E-state index in [9.17, 15) is 24.3 Å². The minimum absolute atomic E-state index is 0.0158. The number of aliphatic hydroxyl groups excluding tert-OH is 1. The number of rotatable bonds is 21. The van der Waals surface area contributed by atoms with Crippen LogP contribution < -0.4 is 10.6 Å². The van der Waals surface area contributed by atoms with Gasteiger partial charge in [0.05, 0.1) is 54.8 Å². The van der Waals surface area contributed by atoms with Gasteiger partial charge in [-0.2, -0.15) is 0 Å². The molecule has 3 N–H and O–H groups in total. The van der Waals surface area contributed by atoms with Gasteiger partial charge in [-0.05, 0) is 56.7 Å². The number of likely N-dealkylation sites (N-methyl/N-ethyl adjacent to an activating group) is 2. The molecule has 10 unspecified atom stereocenters. The van der Waals surface area contributed by atoms with Crippen LogP contribution in [0.5, 0.6) is 0 Å². The zero-order valence-electron chi connectivity index (χ0n) is 34.8. The normalized spacial score (nSPS) is 19.9. The molecule has 0 spiro atoms. The second-order valence-electron chi connectivity index (χ2n) is 15.7. The first-order valence-corrected chi connectivity index (χ1v) is 19.6. The van der Waals surface area contributed by atoms with Crippen molar-refractivity contribution >= 4 is 23.6 Å². The van der Waals surface area contributed by atoms with Crippen molar-refractivity contribution in [2.75, 3.05) is 41.4 Å². The van der Waals surface area contributed by atoms with Crippen molar-refractivity contribution in [3.05, 3.63) is 35.9 Å². The van der Waals surface area contributed by atoms with E-state index in [4.69, 9.17) is 9.47 Å². The zero-order chi connectivity index (χ0) is 40.2. The first kappa shape index (κ1) is 46.1. The molecule has 53 heavy (non-hydrogen) atoms. The van der Waals surface area contributed by atoms with Gasteiger partial charge < -0.3 is 35.0 Å². The number of ether oxygens (including phenoxy) is 2. The average Bonchev–Trinajstić information content (AvgIpc) is 3.62. The second kappa shape index (κ2) is 21.7. The number of amides is 4. The average molecular weight is 746 g/mol. The SMILES string of the molecule is CCC(C)C(C(CC(=O)N1CCCC1C(OC)C(C)C(=O)NC(C)C(O)c1ccccc1)OC)N(C)C(=O)C(NC(=O)C(C(C)C)N(C)CC)C(C)C. The Morgan fingerprint density at radius 3 is 2.04 bits per heavy atom. The van der Waals surface area contributed by atoms with E-state index in [2.05, 4.69) is 17.6 Å². The number of carbonyl (C=O) groups excluding carboxylic acids is 4. The standard InChI is InChI=1S/C41H71N5O7/c1-14-27(7)36(45(11)41(51)34(25(3)4)43-40(50)35(26(5)6)44(10)15-2)32(52-12)24-33(47)46-23-19-22-31(46)38(53-13)28(8)39(49)42-29(9)37(48)30-20-17-16-18-21-30/h16-18,20-21,25-29,31-32,34-38,48H,14-15,19,22-24H2,1-13H3,(H,42,49)(H,43,50). The smallest absolute Gasteiger partial charge is 0.245 e. The Morgan fingerprint density at radius 1 is 0.906 bits per heavy atom. The van der Waals surface area contributed by atoms with Gasteiger partial charge in [0.25, 0.3) is 0 Å². The molecule has 0 radical (unpaired) electrons. The maximum atomic E-state index is 14.3. The van der Waals surface area contributed by atoms with Gasteiger partial charge in [0.15, 0.2) is 0 Å². The van der Waals surface area contributed by atoms with Crippen LogP contribution in [0.2, 0.25) is 0 Å². The lowest BCUT2D eigenvalue weighted by Gasteiger charge is -2.41. The van der Waals surface area contributed by atoms with E-state index in [1.54, 1.807) is 44.9 Å². The minimum atomic E-state index is -0.876. The molecule has 302 valence electrons. The number of nitrogens with zero attached hydrogens (tertiary/aromatic N) is 3. The molecule has 1 fully saturated rings. The van der Waals surface area contributed by atoms with Crippen LogP contribution in [-0.2, 0) is 28.7 Å². The first-order valence-electron chi connectivity index (χ1n) is 19.6. The van der Waals surface area contributed by atoms with Crippen LogP contribution in [0.3, 0.4) is 0 Å². The van der Waals surface area contributed by atoms with Crippen molar-refractivity contribution in [3.63, 3.8) is 0 Å². The highest BCUT2D eigenvalue weighted by atomic mass is 16.5. The lowest BCUT2D eigenvalue weighted by molar-refractivity contribution is -0.148. The highest BCUT2D eigenvalue weighted by molar-refractivity contribution is 5.90. The third kappa shape index (κ3) is 12.0. The fourth-order valence-corrected chi connectivity index (χ4v) is 7.86. The molecule has 4 amide bonds. The van der Waals surface area contributed by atoms with E-state index < -0.39 is 42.4 Å². The molecule has 1 heterocycles. The molecule has 1 aliphatic rings. The zero-order valence-corrected chi connectivity index (χ0v) is 34.8. The molecule has 10 atom stereocenters. The summed E-state index contributed by atoms with van der Waals surface area (Å²) in [5, 5.41) is 16.9. The number of benzene rings is 1. The summed E-state index contributed by atoms with van der Waals surface area (Å²) in [6.07, 6.45) is 0.149. The third-order valence-corrected chi connectivity index (χ3v) is 11.3. The number of hydrogen-bond acceptors (Lipinski definition) is 8. The largest absolute Gasteiger partial charge is 0.386 e. The van der Waals surface area contributed by atoms with Gasteiger partial charge in [-0.3, -0.25) is 24.1 Å². The van der Waals surface area contributed by atoms with E-state index >= 15 is 0 Å². The number of hydrogen-bond donors (Lipinski definition) is 3. The van der Waals surface area contributed by atoms with Crippen LogP contribution in [0.25, 0.3) is 0 Å². The Balaban J connectivity index is 2.26. The van der Waals surface area contributed by atoms with Gasteiger partial charge in [0.1, 0.15) is 6.04 Å². The van der Waals surface area contributed by atoms with Crippen molar-refractivity contribution in [2.45, 2.75) is 137 Å². The fourth-order valence-electron chi connectivity index (χ4n) is 7.86. The predicted octanol–water partition coefficient (Wildman–Crippen LogP) is 4.26. The highest BCUT2D eigenvalue weighted by Crippen LogP contribution is 2.30. The van der Waals surface area contributed by atoms with Crippen LogP contribution in [-0.4, -0.2) is 127 Å². The van der Waals surface area contributed by atoms with Gasteiger partial charge in [-0.1, -0.05) is 92.1 Å². The molecule has 2 rings (SSSR count). The second-order valence-corrected chi connectivity index (χ2v) is 15.7. The third-order valence-electron chi connectivity index (χ3n) is 11.3. The van der Waals surface area contributed by atoms with Gasteiger partial charge in [-0.25, -0.2) is 0 Å². The number of carbonyl (C=O) groups is 4. The van der Waals surface area contributed by atoms with E-state index in [0.717, 1.165) is 12.8 Å². The molecule has 0 aromatic heterocycles. The monoisotopic (exact) mass is 746 g/mol. The number of aliphatic hydroxyl groups is 1. The van der Waals surface area contributed by atoms with Crippen molar-refractivity contribution in [1.29, 1.82) is 0 Å². The first-order chi connectivity index (χ1) is 25.0. The van der Waals surface area contributed by atoms with Crippen molar-refractivity contribution < 1.29 is 33.8 Å². The van der Waals surface area contributed by atoms with E-state index in [1.165, 1.54) is 0 Å². The maximum Gasteiger partial charge on any atom is 0.245 e. The van der Waals surface area contributed by atoms with Crippen LogP contribution in [0.4, 0.5) is 0 Å². The Kier molecular flexibility index (Phi) is 18.9. The minimum Gasteiger partial charge on any atom is -0.386 e. The fraction of sp³-hybridized carbons (Fsp3) is 0.756. The van der Waals surface area contributed by atoms with Crippen LogP contribution in [0.15, 0.2) is 30.3 Å². The van der Waals surface area contributed by atoms with E-state index in [0.29, 0.717) is 25.1 Å². The molecular weight excluding hydrogens is 674 g/mol. The van der Waals surface area contributed by atoms with Gasteiger partial charge in [0, 0.05) is 27.8 Å². The summed E-state index contributed by atoms with van der Waals surface area (Å²) >= 11 is 0. The lowest BCUT2D eigenvalue weighted by atomic mass is 9.89. The Morgan fingerprint density at radius 2 is 1.53 bits per heavy atom. The molecular formula is C41H71N5O7. The summed E-state index contributed by atoms with van der Waals surface area (Å²) in [6.45, 7) is 18.7. The van der Waals surface area contributed by atoms with Crippen LogP contribution >= 0.6 is 0 Å². The summed E-state index contributed by atoms with van der Waals surface area (Å²) in [5.74, 6) is -1.54. The van der Waals surface area contributed by atoms with Crippen molar-refractivity contribution in [2.24, 2.45) is 23.7 Å². The lowest BCUT2D eigenvalue weighted by Crippen LogP contribution is -2.60. The number of likely N-dealkylation sites (tertiary alicyclic amines) is 1. The van der Waals surface area contributed by atoms with E-state index in [-0.39, 0.29) is 59.9 Å². The van der Waals surface area contributed by atoms with Crippen molar-refractivity contribution in [1.82, 2.24) is 25.3 Å². The summed E-state index contributed by atoms with van der Waals surface area (Å²) < 4.78 is 12.0.